The van der Waals surface area contributed by atoms with E-state index in [2.05, 4.69) is 11.5 Å². The minimum atomic E-state index is -0.360. The third-order valence-corrected chi connectivity index (χ3v) is 5.79. The highest BCUT2D eigenvalue weighted by atomic mass is 35.5. The molecule has 0 aliphatic carbocycles. The van der Waals surface area contributed by atoms with E-state index in [0.717, 1.165) is 42.6 Å². The van der Waals surface area contributed by atoms with E-state index in [1.165, 1.54) is 0 Å². The predicted molar refractivity (Wildman–Crippen MR) is 131 cm³/mol. The van der Waals surface area contributed by atoms with Gasteiger partial charge < -0.3 is 9.30 Å². The van der Waals surface area contributed by atoms with E-state index < -0.39 is 0 Å². The van der Waals surface area contributed by atoms with E-state index in [1.54, 1.807) is 35.7 Å². The van der Waals surface area contributed by atoms with Gasteiger partial charge in [-0.3, -0.25) is 9.20 Å². The van der Waals surface area contributed by atoms with E-state index >= 15 is 0 Å². The highest BCUT2D eigenvalue weighted by Gasteiger charge is 2.16. The molecule has 2 heterocycles. The van der Waals surface area contributed by atoms with Crippen LogP contribution < -0.4 is 5.56 Å². The van der Waals surface area contributed by atoms with Crippen LogP contribution >= 0.6 is 11.6 Å². The van der Waals surface area contributed by atoms with Gasteiger partial charge in [0.25, 0.3) is 5.56 Å². The van der Waals surface area contributed by atoms with Crippen LogP contribution in [0.3, 0.4) is 0 Å². The number of hydrogen-bond acceptors (Lipinski definition) is 4. The molecule has 6 nitrogen and oxygen atoms in total. The van der Waals surface area contributed by atoms with Crippen molar-refractivity contribution in [2.45, 2.75) is 39.7 Å². The molecule has 0 saturated heterocycles. The zero-order chi connectivity index (χ0) is 23.4. The number of benzene rings is 2. The maximum atomic E-state index is 13.0. The third kappa shape index (κ3) is 4.86. The van der Waals surface area contributed by atoms with Crippen LogP contribution in [0.25, 0.3) is 28.3 Å². The Bertz CT molecular complexity index is 1320. The number of unbranched alkanes of at least 4 members (excludes halogenated alkanes) is 2. The summed E-state index contributed by atoms with van der Waals surface area (Å²) < 4.78 is 8.74. The molecule has 4 rings (SSSR count). The summed E-state index contributed by atoms with van der Waals surface area (Å²) in [6, 6.07) is 16.2. The topological polar surface area (TPSA) is 65.6 Å². The van der Waals surface area contributed by atoms with Crippen LogP contribution in [0.15, 0.2) is 65.6 Å². The fourth-order valence-corrected chi connectivity index (χ4v) is 3.95. The molecule has 2 aromatic heterocycles. The molecule has 0 spiro atoms. The molecule has 0 N–H and O–H groups in total. The maximum absolute atomic E-state index is 13.0. The highest BCUT2D eigenvalue weighted by Crippen LogP contribution is 2.25. The number of aromatic nitrogens is 3. The minimum Gasteiger partial charge on any atom is -0.462 e. The number of carbonyl (C=O) groups is 1. The smallest absolute Gasteiger partial charge is 0.338 e. The molecule has 0 saturated carbocycles. The fraction of sp³-hybridized carbons (Fsp3) is 0.269. The summed E-state index contributed by atoms with van der Waals surface area (Å²) in [6.07, 6.45) is 4.89. The minimum absolute atomic E-state index is 0.158. The van der Waals surface area contributed by atoms with Gasteiger partial charge in [-0.2, -0.15) is 0 Å². The van der Waals surface area contributed by atoms with E-state index in [-0.39, 0.29) is 11.5 Å². The molecule has 0 atom stereocenters. The Labute approximate surface area is 197 Å². The van der Waals surface area contributed by atoms with Gasteiger partial charge in [0, 0.05) is 29.4 Å². The molecule has 0 bridgehead atoms. The second-order valence-corrected chi connectivity index (χ2v) is 8.26. The quantitative estimate of drug-likeness (QED) is 0.243. The van der Waals surface area contributed by atoms with Crippen LogP contribution in [-0.4, -0.2) is 26.5 Å². The van der Waals surface area contributed by atoms with Crippen molar-refractivity contribution in [2.24, 2.45) is 0 Å². The predicted octanol–water partition coefficient (Wildman–Crippen LogP) is 5.85. The van der Waals surface area contributed by atoms with Crippen molar-refractivity contribution in [2.75, 3.05) is 6.61 Å². The summed E-state index contributed by atoms with van der Waals surface area (Å²) in [5, 5.41) is 0.648. The van der Waals surface area contributed by atoms with Gasteiger partial charge in [-0.05, 0) is 43.2 Å². The van der Waals surface area contributed by atoms with Crippen LogP contribution in [-0.2, 0) is 11.3 Å². The number of fused-ring (bicyclic) bond motifs is 1. The molecule has 0 aliphatic heterocycles. The Morgan fingerprint density at radius 2 is 1.70 bits per heavy atom. The number of aryl methyl sites for hydroxylation is 1. The molecule has 2 aromatic carbocycles. The van der Waals surface area contributed by atoms with Crippen LogP contribution in [0.4, 0.5) is 0 Å². The summed E-state index contributed by atoms with van der Waals surface area (Å²) in [6.45, 7) is 4.98. The SMILES string of the molecule is CCCCCn1c(-c2ccc(C(=O)OCC)cc2)cc(=O)n2cc(-c3ccc(Cl)cc3)nc12. The number of hydrogen-bond donors (Lipinski definition) is 0. The van der Waals surface area contributed by atoms with Gasteiger partial charge in [0.1, 0.15) is 0 Å². The molecular weight excluding hydrogens is 438 g/mol. The first-order valence-corrected chi connectivity index (χ1v) is 11.6. The first kappa shape index (κ1) is 22.8. The first-order chi connectivity index (χ1) is 16.0. The summed E-state index contributed by atoms with van der Waals surface area (Å²) in [5.41, 5.74) is 3.54. The van der Waals surface area contributed by atoms with Gasteiger partial charge in [-0.15, -0.1) is 0 Å². The van der Waals surface area contributed by atoms with Gasteiger partial charge in [0.05, 0.1) is 23.6 Å². The molecule has 7 heteroatoms. The van der Waals surface area contributed by atoms with Crippen LogP contribution in [0.1, 0.15) is 43.5 Å². The molecule has 0 aliphatic rings. The molecule has 4 aromatic rings. The molecular formula is C26H26ClN3O3. The van der Waals surface area contributed by atoms with E-state index in [0.29, 0.717) is 28.7 Å². The van der Waals surface area contributed by atoms with Crippen molar-refractivity contribution in [3.63, 3.8) is 0 Å². The Morgan fingerprint density at radius 1 is 1.00 bits per heavy atom. The second-order valence-electron chi connectivity index (χ2n) is 7.83. The van der Waals surface area contributed by atoms with Gasteiger partial charge in [-0.1, -0.05) is 55.6 Å². The van der Waals surface area contributed by atoms with Crippen molar-refractivity contribution in [1.82, 2.24) is 14.0 Å². The molecule has 170 valence electrons. The Kier molecular flexibility index (Phi) is 6.94. The number of esters is 1. The summed E-state index contributed by atoms with van der Waals surface area (Å²) in [4.78, 5) is 29.9. The highest BCUT2D eigenvalue weighted by molar-refractivity contribution is 6.30. The number of ether oxygens (including phenoxy) is 1. The van der Waals surface area contributed by atoms with Gasteiger partial charge in [0.15, 0.2) is 0 Å². The third-order valence-electron chi connectivity index (χ3n) is 5.53. The van der Waals surface area contributed by atoms with Crippen molar-refractivity contribution in [1.29, 1.82) is 0 Å². The average molecular weight is 464 g/mol. The summed E-state index contributed by atoms with van der Waals surface area (Å²) in [7, 11) is 0. The monoisotopic (exact) mass is 463 g/mol. The lowest BCUT2D eigenvalue weighted by Crippen LogP contribution is -2.18. The zero-order valence-corrected chi connectivity index (χ0v) is 19.5. The molecule has 0 amide bonds. The van der Waals surface area contributed by atoms with Crippen LogP contribution in [0, 0.1) is 0 Å². The van der Waals surface area contributed by atoms with E-state index in [9.17, 15) is 9.59 Å². The average Bonchev–Trinajstić information content (AvgIpc) is 3.27. The van der Waals surface area contributed by atoms with Crippen molar-refractivity contribution >= 4 is 23.3 Å². The van der Waals surface area contributed by atoms with Gasteiger partial charge in [0.2, 0.25) is 5.78 Å². The zero-order valence-electron chi connectivity index (χ0n) is 18.8. The van der Waals surface area contributed by atoms with E-state index in [1.807, 2.05) is 36.4 Å². The summed E-state index contributed by atoms with van der Waals surface area (Å²) >= 11 is 6.03. The Balaban J connectivity index is 1.83. The van der Waals surface area contributed by atoms with Gasteiger partial charge >= 0.3 is 5.97 Å². The number of halogens is 1. The van der Waals surface area contributed by atoms with Crippen LogP contribution in [0.2, 0.25) is 5.02 Å². The van der Waals surface area contributed by atoms with Crippen LogP contribution in [0.5, 0.6) is 0 Å². The van der Waals surface area contributed by atoms with Crippen molar-refractivity contribution in [3.8, 4) is 22.5 Å². The number of imidazole rings is 1. The number of nitrogens with zero attached hydrogens (tertiary/aromatic N) is 3. The Morgan fingerprint density at radius 3 is 2.36 bits per heavy atom. The molecule has 0 radical (unpaired) electrons. The summed E-state index contributed by atoms with van der Waals surface area (Å²) in [5.74, 6) is 0.230. The second kappa shape index (κ2) is 10.0. The lowest BCUT2D eigenvalue weighted by molar-refractivity contribution is 0.0526. The molecule has 0 fully saturated rings. The Hall–Kier alpha value is -3.38. The lowest BCUT2D eigenvalue weighted by atomic mass is 10.1. The van der Waals surface area contributed by atoms with Crippen molar-refractivity contribution < 1.29 is 9.53 Å². The fourth-order valence-electron chi connectivity index (χ4n) is 3.83. The lowest BCUT2D eigenvalue weighted by Gasteiger charge is -2.15. The largest absolute Gasteiger partial charge is 0.462 e. The number of carbonyl (C=O) groups excluding carboxylic acids is 1. The van der Waals surface area contributed by atoms with Crippen molar-refractivity contribution in [3.05, 3.63) is 81.7 Å². The molecule has 33 heavy (non-hydrogen) atoms. The standard InChI is InChI=1S/C26H26ClN3O3/c1-3-5-6-15-29-23(19-7-9-20(10-8-19)25(32)33-4-2)16-24(31)30-17-22(28-26(29)30)18-11-13-21(27)14-12-18/h7-14,16-17H,3-6,15H2,1-2H3. The maximum Gasteiger partial charge on any atom is 0.338 e. The number of rotatable bonds is 8. The van der Waals surface area contributed by atoms with Gasteiger partial charge in [-0.25, -0.2) is 9.78 Å². The molecule has 0 unspecified atom stereocenters. The first-order valence-electron chi connectivity index (χ1n) is 11.2. The normalized spacial score (nSPS) is 11.1. The van der Waals surface area contributed by atoms with E-state index in [4.69, 9.17) is 21.3 Å².